The molecule has 0 radical (unpaired) electrons. The fourth-order valence-electron chi connectivity index (χ4n) is 4.34. The Balaban J connectivity index is 1.85. The van der Waals surface area contributed by atoms with E-state index in [0.29, 0.717) is 40.9 Å². The summed E-state index contributed by atoms with van der Waals surface area (Å²) in [4.78, 5) is 13.5. The standard InChI is InChI=1S/C27H33N7O4S/c1-7-19-11-9-12-21(30-19)26-31-32-27(34(26)24-22(37-5)13-10-14-23(24)38-6)33-39(35,36)18(4)20(8-2)25-28-15-17(3)16-29-25/h9-16,18,20H,7-8H2,1-6H3,(H,32,33)/t18-,20-/m0/s1. The van der Waals surface area contributed by atoms with E-state index in [9.17, 15) is 8.42 Å². The molecule has 1 aromatic carbocycles. The number of rotatable bonds is 11. The third kappa shape index (κ3) is 5.70. The van der Waals surface area contributed by atoms with Crippen molar-refractivity contribution in [2.45, 2.75) is 51.7 Å². The van der Waals surface area contributed by atoms with Gasteiger partial charge in [0.05, 0.1) is 19.5 Å². The van der Waals surface area contributed by atoms with Crippen LogP contribution in [0.5, 0.6) is 11.5 Å². The molecule has 2 atom stereocenters. The number of ether oxygens (including phenoxy) is 2. The Bertz CT molecular complexity index is 1520. The van der Waals surface area contributed by atoms with Crippen LogP contribution >= 0.6 is 0 Å². The van der Waals surface area contributed by atoms with Crippen molar-refractivity contribution in [2.75, 3.05) is 18.9 Å². The van der Waals surface area contributed by atoms with E-state index in [1.807, 2.05) is 32.9 Å². The Hall–Kier alpha value is -4.06. The van der Waals surface area contributed by atoms with E-state index in [0.717, 1.165) is 17.7 Å². The molecule has 0 bridgehead atoms. The quantitative estimate of drug-likeness (QED) is 0.289. The van der Waals surface area contributed by atoms with Gasteiger partial charge >= 0.3 is 0 Å². The van der Waals surface area contributed by atoms with Gasteiger partial charge in [-0.2, -0.15) is 0 Å². The first kappa shape index (κ1) is 28.0. The largest absolute Gasteiger partial charge is 0.494 e. The number of benzene rings is 1. The summed E-state index contributed by atoms with van der Waals surface area (Å²) in [5.74, 6) is 1.21. The summed E-state index contributed by atoms with van der Waals surface area (Å²) in [6.07, 6.45) is 4.62. The highest BCUT2D eigenvalue weighted by Crippen LogP contribution is 2.38. The molecule has 0 aliphatic rings. The Morgan fingerprint density at radius 3 is 2.21 bits per heavy atom. The SMILES string of the molecule is CCc1cccc(-c2nnc(NS(=O)(=O)[C@@H](C)[C@H](CC)c3ncc(C)cn3)n2-c2c(OC)cccc2OC)n1. The number of sulfonamides is 1. The Morgan fingerprint density at radius 2 is 1.62 bits per heavy atom. The maximum Gasteiger partial charge on any atom is 0.243 e. The van der Waals surface area contributed by atoms with Gasteiger partial charge in [0.15, 0.2) is 5.82 Å². The number of aromatic nitrogens is 6. The molecule has 11 nitrogen and oxygen atoms in total. The average Bonchev–Trinajstić information content (AvgIpc) is 3.35. The number of nitrogens with zero attached hydrogens (tertiary/aromatic N) is 6. The summed E-state index contributed by atoms with van der Waals surface area (Å²) in [7, 11) is -0.939. The van der Waals surface area contributed by atoms with Crippen LogP contribution in [0.3, 0.4) is 0 Å². The number of hydrogen-bond acceptors (Lipinski definition) is 9. The van der Waals surface area contributed by atoms with E-state index in [-0.39, 0.29) is 5.95 Å². The average molecular weight is 552 g/mol. The van der Waals surface area contributed by atoms with Crippen LogP contribution in [0.15, 0.2) is 48.8 Å². The molecule has 39 heavy (non-hydrogen) atoms. The first-order chi connectivity index (χ1) is 18.7. The molecule has 206 valence electrons. The van der Waals surface area contributed by atoms with Crippen molar-refractivity contribution in [3.05, 3.63) is 65.9 Å². The van der Waals surface area contributed by atoms with Gasteiger partial charge < -0.3 is 9.47 Å². The zero-order chi connectivity index (χ0) is 28.2. The molecule has 0 spiro atoms. The Kier molecular flexibility index (Phi) is 8.44. The van der Waals surface area contributed by atoms with Crippen LogP contribution in [0, 0.1) is 6.92 Å². The lowest BCUT2D eigenvalue weighted by molar-refractivity contribution is 0.391. The first-order valence-electron chi connectivity index (χ1n) is 12.7. The second-order valence-corrected chi connectivity index (χ2v) is 11.1. The van der Waals surface area contributed by atoms with E-state index >= 15 is 0 Å². The predicted octanol–water partition coefficient (Wildman–Crippen LogP) is 4.33. The summed E-state index contributed by atoms with van der Waals surface area (Å²) in [5.41, 5.74) is 2.71. The van der Waals surface area contributed by atoms with E-state index in [4.69, 9.17) is 14.5 Å². The molecule has 0 saturated carbocycles. The second-order valence-electron chi connectivity index (χ2n) is 9.05. The van der Waals surface area contributed by atoms with Gasteiger partial charge in [-0.15, -0.1) is 10.2 Å². The summed E-state index contributed by atoms with van der Waals surface area (Å²) in [6.45, 7) is 7.43. The highest BCUT2D eigenvalue weighted by atomic mass is 32.2. The smallest absolute Gasteiger partial charge is 0.243 e. The van der Waals surface area contributed by atoms with Crippen molar-refractivity contribution in [3.63, 3.8) is 0 Å². The molecule has 0 saturated heterocycles. The van der Waals surface area contributed by atoms with Crippen molar-refractivity contribution >= 4 is 16.0 Å². The lowest BCUT2D eigenvalue weighted by Crippen LogP contribution is -2.32. The van der Waals surface area contributed by atoms with Gasteiger partial charge in [-0.25, -0.2) is 23.4 Å². The minimum atomic E-state index is -3.99. The van der Waals surface area contributed by atoms with E-state index in [2.05, 4.69) is 24.9 Å². The molecular formula is C27H33N7O4S. The number of hydrogen-bond donors (Lipinski definition) is 1. The molecular weight excluding hydrogens is 518 g/mol. The Labute approximate surface area is 228 Å². The van der Waals surface area contributed by atoms with Gasteiger partial charge in [-0.05, 0) is 56.5 Å². The van der Waals surface area contributed by atoms with Crippen LogP contribution in [0.2, 0.25) is 0 Å². The molecule has 1 N–H and O–H groups in total. The minimum absolute atomic E-state index is 0.0250. The van der Waals surface area contributed by atoms with Gasteiger partial charge in [0, 0.05) is 24.0 Å². The number of para-hydroxylation sites is 1. The molecule has 0 aliphatic carbocycles. The van der Waals surface area contributed by atoms with Gasteiger partial charge in [0.1, 0.15) is 28.7 Å². The third-order valence-corrected chi connectivity index (χ3v) is 8.32. The monoisotopic (exact) mass is 551 g/mol. The van der Waals surface area contributed by atoms with Gasteiger partial charge in [0.2, 0.25) is 16.0 Å². The van der Waals surface area contributed by atoms with Crippen molar-refractivity contribution in [2.24, 2.45) is 0 Å². The van der Waals surface area contributed by atoms with E-state index < -0.39 is 21.2 Å². The van der Waals surface area contributed by atoms with Crippen LogP contribution in [0.1, 0.15) is 50.2 Å². The lowest BCUT2D eigenvalue weighted by Gasteiger charge is -2.23. The highest BCUT2D eigenvalue weighted by molar-refractivity contribution is 7.93. The van der Waals surface area contributed by atoms with Gasteiger partial charge in [-0.1, -0.05) is 26.0 Å². The van der Waals surface area contributed by atoms with Crippen LogP contribution < -0.4 is 14.2 Å². The first-order valence-corrected chi connectivity index (χ1v) is 14.2. The van der Waals surface area contributed by atoms with Gasteiger partial charge in [-0.3, -0.25) is 9.29 Å². The highest BCUT2D eigenvalue weighted by Gasteiger charge is 2.34. The molecule has 3 heterocycles. The molecule has 12 heteroatoms. The summed E-state index contributed by atoms with van der Waals surface area (Å²) < 4.78 is 43.0. The maximum atomic E-state index is 13.8. The minimum Gasteiger partial charge on any atom is -0.494 e. The van der Waals surface area contributed by atoms with E-state index in [1.54, 1.807) is 48.1 Å². The van der Waals surface area contributed by atoms with Crippen LogP contribution in [0.4, 0.5) is 5.95 Å². The normalized spacial score (nSPS) is 13.1. The fourth-order valence-corrected chi connectivity index (χ4v) is 5.66. The van der Waals surface area contributed by atoms with Gasteiger partial charge in [0.25, 0.3) is 0 Å². The van der Waals surface area contributed by atoms with Crippen molar-refractivity contribution in [1.29, 1.82) is 0 Å². The topological polar surface area (TPSA) is 134 Å². The molecule has 4 aromatic rings. The molecule has 0 unspecified atom stereocenters. The fraction of sp³-hybridized carbons (Fsp3) is 0.370. The van der Waals surface area contributed by atoms with E-state index in [1.165, 1.54) is 14.2 Å². The molecule has 0 amide bonds. The number of methoxy groups -OCH3 is 2. The number of aryl methyl sites for hydroxylation is 2. The van der Waals surface area contributed by atoms with Crippen molar-refractivity contribution < 1.29 is 17.9 Å². The number of nitrogens with one attached hydrogen (secondary N) is 1. The molecule has 0 fully saturated rings. The predicted molar refractivity (Wildman–Crippen MR) is 149 cm³/mol. The van der Waals surface area contributed by atoms with Crippen LogP contribution in [-0.4, -0.2) is 57.6 Å². The molecule has 0 aliphatic heterocycles. The number of anilines is 1. The number of pyridine rings is 1. The summed E-state index contributed by atoms with van der Waals surface area (Å²) >= 11 is 0. The second kappa shape index (κ2) is 11.8. The third-order valence-electron chi connectivity index (χ3n) is 6.55. The van der Waals surface area contributed by atoms with Crippen molar-refractivity contribution in [1.82, 2.24) is 29.7 Å². The van der Waals surface area contributed by atoms with Crippen LogP contribution in [0.25, 0.3) is 17.2 Å². The lowest BCUT2D eigenvalue weighted by atomic mass is 10.0. The Morgan fingerprint density at radius 1 is 0.974 bits per heavy atom. The summed E-state index contributed by atoms with van der Waals surface area (Å²) in [5, 5.41) is 7.73. The maximum absolute atomic E-state index is 13.8. The zero-order valence-corrected chi connectivity index (χ0v) is 23.7. The van der Waals surface area contributed by atoms with Crippen molar-refractivity contribution in [3.8, 4) is 28.7 Å². The summed E-state index contributed by atoms with van der Waals surface area (Å²) in [6, 6.07) is 10.9. The zero-order valence-electron chi connectivity index (χ0n) is 22.9. The molecule has 3 aromatic heterocycles. The molecule has 4 rings (SSSR count). The van der Waals surface area contributed by atoms with Crippen LogP contribution in [-0.2, 0) is 16.4 Å².